The van der Waals surface area contributed by atoms with E-state index in [2.05, 4.69) is 11.1 Å². The molecule has 0 unspecified atom stereocenters. The van der Waals surface area contributed by atoms with Crippen LogP contribution >= 0.6 is 0 Å². The second-order valence-corrected chi connectivity index (χ2v) is 9.99. The fourth-order valence-electron chi connectivity index (χ4n) is 6.01. The molecule has 4 aromatic rings. The fourth-order valence-corrected chi connectivity index (χ4v) is 6.01. The van der Waals surface area contributed by atoms with Crippen LogP contribution in [0.25, 0.3) is 10.9 Å². The summed E-state index contributed by atoms with van der Waals surface area (Å²) in [5, 5.41) is 1.04. The number of methoxy groups -OCH3 is 4. The molecule has 1 saturated heterocycles. The Morgan fingerprint density at radius 2 is 1.57 bits per heavy atom. The molecule has 3 aromatic carbocycles. The minimum atomic E-state index is -0.657. The summed E-state index contributed by atoms with van der Waals surface area (Å²) in [5.41, 5.74) is 4.57. The van der Waals surface area contributed by atoms with E-state index in [0.29, 0.717) is 30.2 Å². The van der Waals surface area contributed by atoms with Crippen molar-refractivity contribution >= 4 is 22.7 Å². The average molecular weight is 542 g/mol. The van der Waals surface area contributed by atoms with Crippen molar-refractivity contribution in [2.75, 3.05) is 35.0 Å². The third-order valence-corrected chi connectivity index (χ3v) is 7.88. The molecular weight excluding hydrogens is 510 g/mol. The van der Waals surface area contributed by atoms with Crippen LogP contribution in [0.5, 0.6) is 23.0 Å². The molecule has 9 nitrogen and oxygen atoms in total. The first-order chi connectivity index (χ1) is 19.5. The molecule has 3 heterocycles. The van der Waals surface area contributed by atoms with Gasteiger partial charge in [0, 0.05) is 29.6 Å². The number of piperazine rings is 1. The largest absolute Gasteiger partial charge is 0.497 e. The predicted octanol–water partition coefficient (Wildman–Crippen LogP) is 4.09. The van der Waals surface area contributed by atoms with Gasteiger partial charge in [0.15, 0.2) is 11.5 Å². The van der Waals surface area contributed by atoms with Crippen molar-refractivity contribution in [2.24, 2.45) is 0 Å². The van der Waals surface area contributed by atoms with E-state index in [4.69, 9.17) is 18.9 Å². The number of carbonyl (C=O) groups is 2. The lowest BCUT2D eigenvalue weighted by Gasteiger charge is -2.47. The Morgan fingerprint density at radius 3 is 2.23 bits per heavy atom. The van der Waals surface area contributed by atoms with Crippen molar-refractivity contribution < 1.29 is 28.5 Å². The molecule has 0 bridgehead atoms. The summed E-state index contributed by atoms with van der Waals surface area (Å²) in [4.78, 5) is 34.9. The molecule has 40 heavy (non-hydrogen) atoms. The van der Waals surface area contributed by atoms with Gasteiger partial charge in [-0.1, -0.05) is 30.3 Å². The highest BCUT2D eigenvalue weighted by molar-refractivity contribution is 5.97. The van der Waals surface area contributed by atoms with Crippen molar-refractivity contribution in [1.82, 2.24) is 14.8 Å². The van der Waals surface area contributed by atoms with Gasteiger partial charge in [-0.3, -0.25) is 9.59 Å². The number of carbonyl (C=O) groups excluding carboxylic acids is 2. The number of nitrogens with zero attached hydrogens (tertiary/aromatic N) is 2. The van der Waals surface area contributed by atoms with Gasteiger partial charge in [-0.05, 0) is 47.0 Å². The molecular formula is C31H31N3O6. The predicted molar refractivity (Wildman–Crippen MR) is 149 cm³/mol. The fraction of sp³-hybridized carbons (Fsp3) is 0.290. The monoisotopic (exact) mass is 541 g/mol. The molecule has 206 valence electrons. The summed E-state index contributed by atoms with van der Waals surface area (Å²) >= 11 is 0. The summed E-state index contributed by atoms with van der Waals surface area (Å²) in [7, 11) is 6.29. The van der Waals surface area contributed by atoms with Crippen molar-refractivity contribution in [2.45, 2.75) is 25.0 Å². The summed E-state index contributed by atoms with van der Waals surface area (Å²) in [5.74, 6) is 1.96. The van der Waals surface area contributed by atoms with Gasteiger partial charge < -0.3 is 33.7 Å². The summed E-state index contributed by atoms with van der Waals surface area (Å²) in [6.45, 7) is 0.326. The van der Waals surface area contributed by atoms with E-state index >= 15 is 0 Å². The Morgan fingerprint density at radius 1 is 0.875 bits per heavy atom. The van der Waals surface area contributed by atoms with Crippen molar-refractivity contribution in [3.63, 3.8) is 0 Å². The quantitative estimate of drug-likeness (QED) is 0.379. The van der Waals surface area contributed by atoms with Gasteiger partial charge in [0.25, 0.3) is 0 Å². The zero-order chi connectivity index (χ0) is 28.0. The van der Waals surface area contributed by atoms with Crippen LogP contribution in [-0.2, 0) is 22.6 Å². The van der Waals surface area contributed by atoms with Crippen LogP contribution in [0.15, 0.2) is 60.7 Å². The number of rotatable bonds is 7. The third kappa shape index (κ3) is 4.09. The van der Waals surface area contributed by atoms with E-state index in [1.54, 1.807) is 38.2 Å². The molecule has 9 heteroatoms. The van der Waals surface area contributed by atoms with E-state index in [1.807, 2.05) is 54.6 Å². The number of aromatic nitrogens is 1. The number of amides is 2. The number of hydrogen-bond acceptors (Lipinski definition) is 6. The highest BCUT2D eigenvalue weighted by atomic mass is 16.5. The number of ether oxygens (including phenoxy) is 4. The number of aromatic amines is 1. The highest BCUT2D eigenvalue weighted by Crippen LogP contribution is 2.47. The maximum Gasteiger partial charge on any atom is 0.246 e. The molecule has 1 fully saturated rings. The summed E-state index contributed by atoms with van der Waals surface area (Å²) in [6, 6.07) is 18.1. The van der Waals surface area contributed by atoms with Crippen LogP contribution in [0, 0.1) is 0 Å². The number of fused-ring (bicyclic) bond motifs is 4. The number of hydrogen-bond donors (Lipinski definition) is 1. The third-order valence-electron chi connectivity index (χ3n) is 7.88. The zero-order valence-corrected chi connectivity index (χ0v) is 22.9. The van der Waals surface area contributed by atoms with Gasteiger partial charge in [0.1, 0.15) is 18.3 Å². The number of benzene rings is 3. The molecule has 6 rings (SSSR count). The van der Waals surface area contributed by atoms with Gasteiger partial charge in [-0.25, -0.2) is 0 Å². The van der Waals surface area contributed by atoms with E-state index in [1.165, 1.54) is 0 Å². The van der Waals surface area contributed by atoms with Crippen LogP contribution < -0.4 is 18.9 Å². The van der Waals surface area contributed by atoms with Gasteiger partial charge in [-0.2, -0.15) is 0 Å². The Bertz CT molecular complexity index is 1570. The van der Waals surface area contributed by atoms with Crippen molar-refractivity contribution in [3.8, 4) is 23.0 Å². The Labute approximate surface area is 232 Å². The molecule has 0 aliphatic carbocycles. The second-order valence-electron chi connectivity index (χ2n) is 9.99. The molecule has 2 aliphatic rings. The van der Waals surface area contributed by atoms with Gasteiger partial charge in [0.2, 0.25) is 17.6 Å². The molecule has 0 spiro atoms. The molecule has 2 aliphatic heterocycles. The number of para-hydroxylation sites is 1. The molecule has 0 saturated carbocycles. The van der Waals surface area contributed by atoms with E-state index in [9.17, 15) is 9.59 Å². The van der Waals surface area contributed by atoms with E-state index in [0.717, 1.165) is 39.0 Å². The van der Waals surface area contributed by atoms with E-state index in [-0.39, 0.29) is 18.4 Å². The van der Waals surface area contributed by atoms with Crippen LogP contribution in [0.1, 0.15) is 28.4 Å². The van der Waals surface area contributed by atoms with Crippen molar-refractivity contribution in [3.05, 3.63) is 83.0 Å². The maximum atomic E-state index is 14.1. The average Bonchev–Trinajstić information content (AvgIpc) is 3.36. The second kappa shape index (κ2) is 10.1. The van der Waals surface area contributed by atoms with Crippen LogP contribution in [0.4, 0.5) is 0 Å². The first-order valence-electron chi connectivity index (χ1n) is 13.1. The topological polar surface area (TPSA) is 93.3 Å². The summed E-state index contributed by atoms with van der Waals surface area (Å²) < 4.78 is 22.1. The van der Waals surface area contributed by atoms with Gasteiger partial charge in [0.05, 0.1) is 34.5 Å². The molecule has 2 atom stereocenters. The molecule has 1 N–H and O–H groups in total. The Hall–Kier alpha value is -4.66. The smallest absolute Gasteiger partial charge is 0.246 e. The lowest BCUT2D eigenvalue weighted by Crippen LogP contribution is -2.62. The standard InChI is InChI=1S/C31H31N3O6/c1-37-20-11-9-18(10-12-20)16-33-17-27(35)34-24(31(33)36)15-22-21-7-5-6-8-23(21)32-28(22)29(34)19-13-25(38-2)30(40-4)26(14-19)39-3/h5-14,24,29,32H,15-17H2,1-4H3/t24-,29+/m1/s1. The minimum absolute atomic E-state index is 0.0160. The summed E-state index contributed by atoms with van der Waals surface area (Å²) in [6.07, 6.45) is 0.421. The lowest BCUT2D eigenvalue weighted by atomic mass is 9.86. The minimum Gasteiger partial charge on any atom is -0.497 e. The van der Waals surface area contributed by atoms with Crippen LogP contribution in [0.3, 0.4) is 0 Å². The molecule has 1 aromatic heterocycles. The van der Waals surface area contributed by atoms with Gasteiger partial charge >= 0.3 is 0 Å². The normalized spacial score (nSPS) is 18.4. The maximum absolute atomic E-state index is 14.1. The van der Waals surface area contributed by atoms with Crippen LogP contribution in [0.2, 0.25) is 0 Å². The number of H-pyrrole nitrogens is 1. The Balaban J connectivity index is 1.46. The SMILES string of the molecule is COc1ccc(CN2CC(=O)N3[C@@H](c4cc(OC)c(OC)c(OC)c4)c4[nH]c5ccccc5c4C[C@@H]3C2=O)cc1. The first-order valence-corrected chi connectivity index (χ1v) is 13.1. The molecule has 2 amide bonds. The zero-order valence-electron chi connectivity index (χ0n) is 22.9. The van der Waals surface area contributed by atoms with Crippen LogP contribution in [-0.4, -0.2) is 67.6 Å². The highest BCUT2D eigenvalue weighted by Gasteiger charge is 2.48. The van der Waals surface area contributed by atoms with Gasteiger partial charge in [-0.15, -0.1) is 0 Å². The Kier molecular flexibility index (Phi) is 6.50. The molecule has 0 radical (unpaired) electrons. The van der Waals surface area contributed by atoms with Crippen molar-refractivity contribution in [1.29, 1.82) is 0 Å². The lowest BCUT2D eigenvalue weighted by molar-refractivity contribution is -0.159. The first kappa shape index (κ1) is 25.6. The van der Waals surface area contributed by atoms with E-state index < -0.39 is 12.1 Å². The number of nitrogens with one attached hydrogen (secondary N) is 1.